The van der Waals surface area contributed by atoms with Gasteiger partial charge in [0.15, 0.2) is 0 Å². The number of nitrogens with zero attached hydrogens (tertiary/aromatic N) is 2. The van der Waals surface area contributed by atoms with Crippen molar-refractivity contribution in [2.45, 2.75) is 31.2 Å². The topological polar surface area (TPSA) is 62.3 Å². The van der Waals surface area contributed by atoms with Crippen molar-refractivity contribution >= 4 is 23.6 Å². The van der Waals surface area contributed by atoms with E-state index in [2.05, 4.69) is 23.3 Å². The van der Waals surface area contributed by atoms with Crippen molar-refractivity contribution in [1.82, 2.24) is 15.2 Å². The van der Waals surface area contributed by atoms with Crippen molar-refractivity contribution in [2.24, 2.45) is 5.92 Å². The quantitative estimate of drug-likeness (QED) is 0.779. The molecule has 2 aromatic rings. The monoisotopic (exact) mass is 383 g/mol. The van der Waals surface area contributed by atoms with E-state index in [-0.39, 0.29) is 17.7 Å². The van der Waals surface area contributed by atoms with Gasteiger partial charge < -0.3 is 10.2 Å². The van der Waals surface area contributed by atoms with Gasteiger partial charge in [-0.1, -0.05) is 24.3 Å². The minimum atomic E-state index is -0.0188. The zero-order valence-electron chi connectivity index (χ0n) is 15.6. The smallest absolute Gasteiger partial charge is 0.232 e. The van der Waals surface area contributed by atoms with Crippen LogP contribution < -0.4 is 5.32 Å². The van der Waals surface area contributed by atoms with E-state index in [0.29, 0.717) is 25.4 Å². The van der Waals surface area contributed by atoms with Gasteiger partial charge in [0, 0.05) is 42.8 Å². The van der Waals surface area contributed by atoms with Crippen molar-refractivity contribution < 1.29 is 9.59 Å². The summed E-state index contributed by atoms with van der Waals surface area (Å²) < 4.78 is 0. The number of carbonyl (C=O) groups is 2. The molecule has 1 aromatic heterocycles. The first kappa shape index (κ1) is 19.4. The summed E-state index contributed by atoms with van der Waals surface area (Å²) in [5.74, 6) is 0.648. The highest BCUT2D eigenvalue weighted by atomic mass is 32.2. The molecule has 1 aliphatic heterocycles. The van der Waals surface area contributed by atoms with Crippen LogP contribution in [0, 0.1) is 12.8 Å². The molecule has 0 aliphatic carbocycles. The SMILES string of the molecule is Cc1ccccc1SCC(=O)N1CCC(C(=O)NCc2cccnc2)CC1. The predicted octanol–water partition coefficient (Wildman–Crippen LogP) is 3.04. The molecule has 5 nitrogen and oxygen atoms in total. The number of rotatable bonds is 6. The van der Waals surface area contributed by atoms with Gasteiger partial charge in [-0.15, -0.1) is 11.8 Å². The van der Waals surface area contributed by atoms with Crippen LogP contribution in [0.5, 0.6) is 0 Å². The summed E-state index contributed by atoms with van der Waals surface area (Å²) in [6.45, 7) is 3.86. The number of pyridine rings is 1. The first-order chi connectivity index (χ1) is 13.1. The number of carbonyl (C=O) groups excluding carboxylic acids is 2. The van der Waals surface area contributed by atoms with Crippen LogP contribution >= 0.6 is 11.8 Å². The Labute approximate surface area is 164 Å². The Bertz CT molecular complexity index is 774. The molecule has 1 aliphatic rings. The van der Waals surface area contributed by atoms with Gasteiger partial charge in [-0.05, 0) is 43.0 Å². The number of likely N-dealkylation sites (tertiary alicyclic amines) is 1. The standard InChI is InChI=1S/C21H25N3O2S/c1-16-5-2-3-7-19(16)27-15-20(25)24-11-8-18(9-12-24)21(26)23-14-17-6-4-10-22-13-17/h2-7,10,13,18H,8-9,11-12,14-15H2,1H3,(H,23,26). The highest BCUT2D eigenvalue weighted by Gasteiger charge is 2.27. The van der Waals surface area contributed by atoms with E-state index >= 15 is 0 Å². The van der Waals surface area contributed by atoms with E-state index in [9.17, 15) is 9.59 Å². The molecule has 0 saturated carbocycles. The largest absolute Gasteiger partial charge is 0.352 e. The number of aromatic nitrogens is 1. The van der Waals surface area contributed by atoms with Crippen LogP contribution in [0.3, 0.4) is 0 Å². The molecular weight excluding hydrogens is 358 g/mol. The van der Waals surface area contributed by atoms with Crippen molar-refractivity contribution in [3.05, 3.63) is 59.9 Å². The van der Waals surface area contributed by atoms with Crippen LogP contribution in [0.4, 0.5) is 0 Å². The minimum Gasteiger partial charge on any atom is -0.352 e. The van der Waals surface area contributed by atoms with Gasteiger partial charge in [-0.25, -0.2) is 0 Å². The maximum Gasteiger partial charge on any atom is 0.232 e. The molecule has 0 unspecified atom stereocenters. The van der Waals surface area contributed by atoms with Crippen LogP contribution in [0.1, 0.15) is 24.0 Å². The maximum atomic E-state index is 12.5. The Balaban J connectivity index is 1.40. The summed E-state index contributed by atoms with van der Waals surface area (Å²) in [7, 11) is 0. The van der Waals surface area contributed by atoms with Gasteiger partial charge in [-0.2, -0.15) is 0 Å². The highest BCUT2D eigenvalue weighted by molar-refractivity contribution is 8.00. The fraction of sp³-hybridized carbons (Fsp3) is 0.381. The fourth-order valence-electron chi connectivity index (χ4n) is 3.18. The van der Waals surface area contributed by atoms with Crippen LogP contribution in [0.15, 0.2) is 53.7 Å². The summed E-state index contributed by atoms with van der Waals surface area (Å²) in [6, 6.07) is 11.9. The molecular formula is C21H25N3O2S. The molecule has 6 heteroatoms. The van der Waals surface area contributed by atoms with Gasteiger partial charge in [-0.3, -0.25) is 14.6 Å². The van der Waals surface area contributed by atoms with Gasteiger partial charge in [0.25, 0.3) is 0 Å². The number of aryl methyl sites for hydroxylation is 1. The molecule has 1 fully saturated rings. The lowest BCUT2D eigenvalue weighted by molar-refractivity contribution is -0.133. The molecule has 142 valence electrons. The molecule has 1 N–H and O–H groups in total. The third-order valence-electron chi connectivity index (χ3n) is 4.85. The zero-order chi connectivity index (χ0) is 19.1. The summed E-state index contributed by atoms with van der Waals surface area (Å²) in [5.41, 5.74) is 2.19. The van der Waals surface area contributed by atoms with E-state index in [1.165, 1.54) is 5.56 Å². The maximum absolute atomic E-state index is 12.5. The molecule has 0 radical (unpaired) electrons. The van der Waals surface area contributed by atoms with Crippen LogP contribution in [0.2, 0.25) is 0 Å². The first-order valence-electron chi connectivity index (χ1n) is 9.26. The van der Waals surface area contributed by atoms with Gasteiger partial charge >= 0.3 is 0 Å². The predicted molar refractivity (Wildman–Crippen MR) is 107 cm³/mol. The Morgan fingerprint density at radius 1 is 1.19 bits per heavy atom. The lowest BCUT2D eigenvalue weighted by Gasteiger charge is -2.31. The fourth-order valence-corrected chi connectivity index (χ4v) is 4.11. The molecule has 1 aromatic carbocycles. The third kappa shape index (κ3) is 5.57. The highest BCUT2D eigenvalue weighted by Crippen LogP contribution is 2.23. The van der Waals surface area contributed by atoms with Gasteiger partial charge in [0.1, 0.15) is 0 Å². The summed E-state index contributed by atoms with van der Waals surface area (Å²) in [6.07, 6.45) is 4.92. The van der Waals surface area contributed by atoms with E-state index in [0.717, 1.165) is 23.3 Å². The third-order valence-corrected chi connectivity index (χ3v) is 6.01. The second kappa shape index (κ2) is 9.55. The van der Waals surface area contributed by atoms with Crippen molar-refractivity contribution in [3.63, 3.8) is 0 Å². The number of amides is 2. The second-order valence-corrected chi connectivity index (χ2v) is 7.81. The van der Waals surface area contributed by atoms with Crippen molar-refractivity contribution in [1.29, 1.82) is 0 Å². The Morgan fingerprint density at radius 2 is 1.96 bits per heavy atom. The van der Waals surface area contributed by atoms with E-state index < -0.39 is 0 Å². The molecule has 0 spiro atoms. The Hall–Kier alpha value is -2.34. The average Bonchev–Trinajstić information content (AvgIpc) is 2.72. The normalized spacial score (nSPS) is 14.8. The average molecular weight is 384 g/mol. The molecule has 3 rings (SSSR count). The molecule has 27 heavy (non-hydrogen) atoms. The Morgan fingerprint density at radius 3 is 2.67 bits per heavy atom. The van der Waals surface area contributed by atoms with Crippen LogP contribution in [-0.2, 0) is 16.1 Å². The number of piperidine rings is 1. The molecule has 2 amide bonds. The summed E-state index contributed by atoms with van der Waals surface area (Å²) in [4.78, 5) is 31.9. The van der Waals surface area contributed by atoms with Crippen LogP contribution in [0.25, 0.3) is 0 Å². The van der Waals surface area contributed by atoms with Crippen molar-refractivity contribution in [3.8, 4) is 0 Å². The molecule has 1 saturated heterocycles. The second-order valence-electron chi connectivity index (χ2n) is 6.79. The zero-order valence-corrected chi connectivity index (χ0v) is 16.4. The van der Waals surface area contributed by atoms with Crippen molar-refractivity contribution in [2.75, 3.05) is 18.8 Å². The Kier molecular flexibility index (Phi) is 6.87. The number of hydrogen-bond acceptors (Lipinski definition) is 4. The van der Waals surface area contributed by atoms with Gasteiger partial charge in [0.2, 0.25) is 11.8 Å². The van der Waals surface area contributed by atoms with Crippen LogP contribution in [-0.4, -0.2) is 40.5 Å². The summed E-state index contributed by atoms with van der Waals surface area (Å²) in [5, 5.41) is 2.98. The summed E-state index contributed by atoms with van der Waals surface area (Å²) >= 11 is 1.59. The van der Waals surface area contributed by atoms with E-state index in [1.54, 1.807) is 24.2 Å². The lowest BCUT2D eigenvalue weighted by Crippen LogP contribution is -2.43. The molecule has 2 heterocycles. The van der Waals surface area contributed by atoms with Gasteiger partial charge in [0.05, 0.1) is 5.75 Å². The molecule has 0 bridgehead atoms. The number of thioether (sulfide) groups is 1. The minimum absolute atomic E-state index is 0.0188. The first-order valence-corrected chi connectivity index (χ1v) is 10.2. The number of hydrogen-bond donors (Lipinski definition) is 1. The molecule has 0 atom stereocenters. The number of benzene rings is 1. The van der Waals surface area contributed by atoms with E-state index in [1.807, 2.05) is 35.2 Å². The van der Waals surface area contributed by atoms with E-state index in [4.69, 9.17) is 0 Å². The number of nitrogens with one attached hydrogen (secondary N) is 1. The lowest BCUT2D eigenvalue weighted by atomic mass is 9.96.